The lowest BCUT2D eigenvalue weighted by molar-refractivity contribution is 0.124. The second kappa shape index (κ2) is 7.94. The predicted molar refractivity (Wildman–Crippen MR) is 82.2 cm³/mol. The molecule has 0 amide bonds. The van der Waals surface area contributed by atoms with Crippen LogP contribution in [0.25, 0.3) is 0 Å². The van der Waals surface area contributed by atoms with E-state index in [1.54, 1.807) is 0 Å². The van der Waals surface area contributed by atoms with Gasteiger partial charge in [-0.05, 0) is 43.6 Å². The molecule has 5 heteroatoms. The van der Waals surface area contributed by atoms with Crippen LogP contribution in [0.5, 0.6) is 0 Å². The summed E-state index contributed by atoms with van der Waals surface area (Å²) in [5.74, 6) is 1.41. The molecule has 0 aromatic carbocycles. The minimum Gasteiger partial charge on any atom is -0.381 e. The van der Waals surface area contributed by atoms with Gasteiger partial charge in [-0.15, -0.1) is 5.10 Å². The molecule has 1 saturated carbocycles. The molecule has 1 aromatic heterocycles. The Bertz CT molecular complexity index is 506. The summed E-state index contributed by atoms with van der Waals surface area (Å²) < 4.78 is 5.59. The molecule has 0 saturated heterocycles. The maximum Gasteiger partial charge on any atom is 0.166 e. The lowest BCUT2D eigenvalue weighted by atomic mass is 10.0. The first-order valence-electron chi connectivity index (χ1n) is 7.90. The summed E-state index contributed by atoms with van der Waals surface area (Å²) in [4.78, 5) is 0. The van der Waals surface area contributed by atoms with Crippen molar-refractivity contribution in [2.24, 2.45) is 5.92 Å². The van der Waals surface area contributed by atoms with Crippen LogP contribution in [-0.4, -0.2) is 30.0 Å². The molecule has 0 unspecified atom stereocenters. The number of hydrogen-bond donors (Lipinski definition) is 1. The summed E-state index contributed by atoms with van der Waals surface area (Å²) in [7, 11) is 0. The fourth-order valence-electron chi connectivity index (χ4n) is 2.33. The standard InChI is InChI=1S/C16H24N4O/c1-3-13-14(10-17)16(20-19-15(13)4-2)18-8-5-9-21-11-12-6-7-12/h12H,3-9,11H2,1-2H3,(H,18,20). The van der Waals surface area contributed by atoms with Gasteiger partial charge in [0.2, 0.25) is 0 Å². The Balaban J connectivity index is 1.85. The van der Waals surface area contributed by atoms with Gasteiger partial charge in [0, 0.05) is 19.8 Å². The van der Waals surface area contributed by atoms with Crippen LogP contribution in [0.15, 0.2) is 0 Å². The van der Waals surface area contributed by atoms with Crippen LogP contribution >= 0.6 is 0 Å². The van der Waals surface area contributed by atoms with Crippen LogP contribution in [0.2, 0.25) is 0 Å². The molecule has 0 radical (unpaired) electrons. The number of nitrogens with one attached hydrogen (secondary N) is 1. The molecule has 0 aliphatic heterocycles. The van der Waals surface area contributed by atoms with Gasteiger partial charge in [0.1, 0.15) is 11.6 Å². The molecule has 0 spiro atoms. The van der Waals surface area contributed by atoms with Gasteiger partial charge in [-0.25, -0.2) is 0 Å². The van der Waals surface area contributed by atoms with Crippen molar-refractivity contribution in [2.75, 3.05) is 25.1 Å². The van der Waals surface area contributed by atoms with Crippen LogP contribution in [0, 0.1) is 17.2 Å². The number of anilines is 1. The lowest BCUT2D eigenvalue weighted by Crippen LogP contribution is -2.12. The van der Waals surface area contributed by atoms with E-state index in [4.69, 9.17) is 4.74 Å². The maximum atomic E-state index is 9.38. The third kappa shape index (κ3) is 4.40. The molecule has 1 N–H and O–H groups in total. The van der Waals surface area contributed by atoms with Gasteiger partial charge in [-0.2, -0.15) is 10.4 Å². The molecule has 2 rings (SSSR count). The lowest BCUT2D eigenvalue weighted by Gasteiger charge is -2.12. The average molecular weight is 288 g/mol. The van der Waals surface area contributed by atoms with Gasteiger partial charge in [0.15, 0.2) is 5.82 Å². The molecule has 114 valence electrons. The highest BCUT2D eigenvalue weighted by atomic mass is 16.5. The average Bonchev–Trinajstić information content (AvgIpc) is 3.33. The zero-order valence-electron chi connectivity index (χ0n) is 13.0. The third-order valence-electron chi connectivity index (χ3n) is 3.77. The Morgan fingerprint density at radius 3 is 2.71 bits per heavy atom. The smallest absolute Gasteiger partial charge is 0.166 e. The molecular weight excluding hydrogens is 264 g/mol. The molecular formula is C16H24N4O. The first-order valence-corrected chi connectivity index (χ1v) is 7.90. The minimum atomic E-state index is 0.605. The van der Waals surface area contributed by atoms with E-state index in [1.165, 1.54) is 12.8 Å². The molecule has 1 heterocycles. The van der Waals surface area contributed by atoms with Crippen molar-refractivity contribution < 1.29 is 4.74 Å². The number of rotatable bonds is 9. The third-order valence-corrected chi connectivity index (χ3v) is 3.77. The van der Waals surface area contributed by atoms with E-state index in [2.05, 4.69) is 21.6 Å². The number of nitrogens with zero attached hydrogens (tertiary/aromatic N) is 3. The highest BCUT2D eigenvalue weighted by molar-refractivity contribution is 5.56. The molecule has 5 nitrogen and oxygen atoms in total. The summed E-state index contributed by atoms with van der Waals surface area (Å²) in [5.41, 5.74) is 2.58. The fraction of sp³-hybridized carbons (Fsp3) is 0.688. The Labute approximate surface area is 126 Å². The van der Waals surface area contributed by atoms with Gasteiger partial charge in [0.25, 0.3) is 0 Å². The van der Waals surface area contributed by atoms with Crippen molar-refractivity contribution in [1.29, 1.82) is 5.26 Å². The summed E-state index contributed by atoms with van der Waals surface area (Å²) >= 11 is 0. The summed E-state index contributed by atoms with van der Waals surface area (Å²) in [6.45, 7) is 6.49. The van der Waals surface area contributed by atoms with E-state index in [-0.39, 0.29) is 0 Å². The van der Waals surface area contributed by atoms with Gasteiger partial charge in [-0.1, -0.05) is 13.8 Å². The maximum absolute atomic E-state index is 9.38. The Morgan fingerprint density at radius 2 is 2.10 bits per heavy atom. The summed E-state index contributed by atoms with van der Waals surface area (Å²) in [6, 6.07) is 2.27. The van der Waals surface area contributed by atoms with E-state index >= 15 is 0 Å². The predicted octanol–water partition coefficient (Wildman–Crippen LogP) is 2.70. The molecule has 0 atom stereocenters. The topological polar surface area (TPSA) is 70.8 Å². The van der Waals surface area contributed by atoms with Crippen LogP contribution in [0.1, 0.15) is 49.9 Å². The Kier molecular flexibility index (Phi) is 5.94. The van der Waals surface area contributed by atoms with Crippen molar-refractivity contribution >= 4 is 5.82 Å². The van der Waals surface area contributed by atoms with Crippen molar-refractivity contribution in [3.8, 4) is 6.07 Å². The summed E-state index contributed by atoms with van der Waals surface area (Å²) in [6.07, 6.45) is 5.17. The van der Waals surface area contributed by atoms with Crippen LogP contribution < -0.4 is 5.32 Å². The van der Waals surface area contributed by atoms with E-state index in [9.17, 15) is 5.26 Å². The van der Waals surface area contributed by atoms with E-state index in [0.29, 0.717) is 11.4 Å². The first-order chi connectivity index (χ1) is 10.3. The molecule has 1 aliphatic rings. The molecule has 1 fully saturated rings. The highest BCUT2D eigenvalue weighted by Gasteiger charge is 2.20. The largest absolute Gasteiger partial charge is 0.381 e. The van der Waals surface area contributed by atoms with E-state index < -0.39 is 0 Å². The molecule has 1 aliphatic carbocycles. The normalized spacial score (nSPS) is 14.0. The monoisotopic (exact) mass is 288 g/mol. The van der Waals surface area contributed by atoms with E-state index in [1.807, 2.05) is 13.8 Å². The Hall–Kier alpha value is -1.67. The van der Waals surface area contributed by atoms with Crippen LogP contribution in [-0.2, 0) is 17.6 Å². The fourth-order valence-corrected chi connectivity index (χ4v) is 2.33. The molecule has 21 heavy (non-hydrogen) atoms. The van der Waals surface area contributed by atoms with Gasteiger partial charge in [0.05, 0.1) is 5.69 Å². The van der Waals surface area contributed by atoms with Crippen molar-refractivity contribution in [3.05, 3.63) is 16.8 Å². The number of nitriles is 1. The number of aryl methyl sites for hydroxylation is 1. The van der Waals surface area contributed by atoms with Crippen LogP contribution in [0.4, 0.5) is 5.82 Å². The number of ether oxygens (including phenoxy) is 1. The van der Waals surface area contributed by atoms with E-state index in [0.717, 1.165) is 56.2 Å². The minimum absolute atomic E-state index is 0.605. The van der Waals surface area contributed by atoms with Gasteiger partial charge < -0.3 is 10.1 Å². The van der Waals surface area contributed by atoms with Crippen LogP contribution in [0.3, 0.4) is 0 Å². The number of aromatic nitrogens is 2. The van der Waals surface area contributed by atoms with Crippen molar-refractivity contribution in [3.63, 3.8) is 0 Å². The van der Waals surface area contributed by atoms with Crippen molar-refractivity contribution in [1.82, 2.24) is 10.2 Å². The quantitative estimate of drug-likeness (QED) is 0.707. The second-order valence-electron chi connectivity index (χ2n) is 5.47. The van der Waals surface area contributed by atoms with Gasteiger partial charge in [-0.3, -0.25) is 0 Å². The van der Waals surface area contributed by atoms with Gasteiger partial charge >= 0.3 is 0 Å². The summed E-state index contributed by atoms with van der Waals surface area (Å²) in [5, 5.41) is 21.0. The molecule has 0 bridgehead atoms. The second-order valence-corrected chi connectivity index (χ2v) is 5.47. The highest BCUT2D eigenvalue weighted by Crippen LogP contribution is 2.28. The number of hydrogen-bond acceptors (Lipinski definition) is 5. The van der Waals surface area contributed by atoms with Crippen molar-refractivity contribution in [2.45, 2.75) is 46.0 Å². The zero-order valence-corrected chi connectivity index (χ0v) is 13.0. The SMILES string of the molecule is CCc1nnc(NCCCOCC2CC2)c(C#N)c1CC. The Morgan fingerprint density at radius 1 is 1.29 bits per heavy atom. The first kappa shape index (κ1) is 15.7. The molecule has 1 aromatic rings. The zero-order chi connectivity index (χ0) is 15.1.